The van der Waals surface area contributed by atoms with Gasteiger partial charge in [0.15, 0.2) is 11.9 Å². The van der Waals surface area contributed by atoms with Gasteiger partial charge in [-0.05, 0) is 42.5 Å². The molecule has 2 heterocycles. The second-order valence-corrected chi connectivity index (χ2v) is 6.59. The van der Waals surface area contributed by atoms with Crippen molar-refractivity contribution in [3.63, 3.8) is 0 Å². The van der Waals surface area contributed by atoms with E-state index < -0.39 is 12.1 Å². The van der Waals surface area contributed by atoms with Crippen LogP contribution in [-0.4, -0.2) is 26.2 Å². The van der Waals surface area contributed by atoms with E-state index in [1.807, 2.05) is 30.7 Å². The van der Waals surface area contributed by atoms with Crippen LogP contribution in [0.3, 0.4) is 0 Å². The van der Waals surface area contributed by atoms with E-state index in [1.165, 1.54) is 0 Å². The van der Waals surface area contributed by atoms with Crippen molar-refractivity contribution >= 4 is 28.8 Å². The molecule has 26 heavy (non-hydrogen) atoms. The van der Waals surface area contributed by atoms with E-state index in [1.54, 1.807) is 35.6 Å². The van der Waals surface area contributed by atoms with Crippen LogP contribution in [0.4, 0.5) is 11.5 Å². The first-order valence-corrected chi connectivity index (χ1v) is 9.11. The molecule has 3 rings (SSSR count). The number of aliphatic hydroxyl groups excluding tert-OH is 1. The first-order valence-electron chi connectivity index (χ1n) is 8.17. The molecule has 0 bridgehead atoms. The summed E-state index contributed by atoms with van der Waals surface area (Å²) in [6.07, 6.45) is -0.741. The van der Waals surface area contributed by atoms with Gasteiger partial charge in [0.1, 0.15) is 5.82 Å². The van der Waals surface area contributed by atoms with Crippen molar-refractivity contribution in [1.29, 1.82) is 0 Å². The predicted octanol–water partition coefficient (Wildman–Crippen LogP) is 3.94. The standard InChI is InChI=1S/C19H19N3O3S/c1-3-15-11(2)20-17(13-8-9-26-10-13)22-18(15)21-14-6-4-12(5-7-14)16(23)19(24)25/h4-10,16,23H,3H2,1-2H3,(H,24,25)(H,20,21,22). The van der Waals surface area contributed by atoms with Crippen LogP contribution in [0, 0.1) is 6.92 Å². The molecule has 1 atom stereocenters. The Morgan fingerprint density at radius 2 is 1.96 bits per heavy atom. The third-order valence-corrected chi connectivity index (χ3v) is 4.75. The third kappa shape index (κ3) is 3.74. The van der Waals surface area contributed by atoms with Crippen LogP contribution >= 0.6 is 11.3 Å². The molecule has 1 unspecified atom stereocenters. The summed E-state index contributed by atoms with van der Waals surface area (Å²) in [5.41, 5.74) is 4.01. The van der Waals surface area contributed by atoms with E-state index in [-0.39, 0.29) is 0 Å². The SMILES string of the molecule is CCc1c(C)nc(-c2ccsc2)nc1Nc1ccc(C(O)C(=O)O)cc1. The average Bonchev–Trinajstić information content (AvgIpc) is 3.16. The van der Waals surface area contributed by atoms with Crippen LogP contribution in [0.15, 0.2) is 41.1 Å². The van der Waals surface area contributed by atoms with Gasteiger partial charge in [-0.15, -0.1) is 0 Å². The number of nitrogens with one attached hydrogen (secondary N) is 1. The number of aryl methyl sites for hydroxylation is 1. The molecule has 0 saturated carbocycles. The smallest absolute Gasteiger partial charge is 0.337 e. The molecular formula is C19H19N3O3S. The zero-order chi connectivity index (χ0) is 18.7. The maximum Gasteiger partial charge on any atom is 0.337 e. The number of benzene rings is 1. The number of nitrogens with zero attached hydrogens (tertiary/aromatic N) is 2. The molecule has 0 aliphatic carbocycles. The molecule has 0 aliphatic heterocycles. The number of carboxylic acid groups (broad SMARTS) is 1. The van der Waals surface area contributed by atoms with Gasteiger partial charge in [-0.1, -0.05) is 19.1 Å². The highest BCUT2D eigenvalue weighted by atomic mass is 32.1. The molecule has 3 aromatic rings. The van der Waals surface area contributed by atoms with Gasteiger partial charge in [0.25, 0.3) is 0 Å². The van der Waals surface area contributed by atoms with E-state index in [0.717, 1.165) is 34.7 Å². The number of carboxylic acids is 1. The zero-order valence-electron chi connectivity index (χ0n) is 14.4. The van der Waals surface area contributed by atoms with Crippen molar-refractivity contribution in [3.05, 3.63) is 57.9 Å². The Labute approximate surface area is 155 Å². The molecule has 3 N–H and O–H groups in total. The number of hydrogen-bond donors (Lipinski definition) is 3. The minimum absolute atomic E-state index is 0.330. The average molecular weight is 369 g/mol. The highest BCUT2D eigenvalue weighted by Gasteiger charge is 2.16. The summed E-state index contributed by atoms with van der Waals surface area (Å²) in [7, 11) is 0. The lowest BCUT2D eigenvalue weighted by Crippen LogP contribution is -2.10. The van der Waals surface area contributed by atoms with Gasteiger partial charge in [0.05, 0.1) is 0 Å². The molecule has 0 fully saturated rings. The van der Waals surface area contributed by atoms with E-state index >= 15 is 0 Å². The summed E-state index contributed by atoms with van der Waals surface area (Å²) < 4.78 is 0. The molecule has 134 valence electrons. The molecule has 0 saturated heterocycles. The van der Waals surface area contributed by atoms with E-state index in [0.29, 0.717) is 11.4 Å². The molecule has 0 spiro atoms. The lowest BCUT2D eigenvalue weighted by atomic mass is 10.1. The minimum atomic E-state index is -1.53. The second kappa shape index (κ2) is 7.63. The van der Waals surface area contributed by atoms with Crippen LogP contribution in [-0.2, 0) is 11.2 Å². The van der Waals surface area contributed by atoms with Gasteiger partial charge in [-0.2, -0.15) is 11.3 Å². The first-order chi connectivity index (χ1) is 12.5. The summed E-state index contributed by atoms with van der Waals surface area (Å²) >= 11 is 1.59. The molecule has 0 amide bonds. The molecule has 7 heteroatoms. The summed E-state index contributed by atoms with van der Waals surface area (Å²) in [5, 5.41) is 25.8. The Morgan fingerprint density at radius 3 is 2.54 bits per heavy atom. The number of anilines is 2. The highest BCUT2D eigenvalue weighted by molar-refractivity contribution is 7.08. The van der Waals surface area contributed by atoms with Crippen molar-refractivity contribution in [3.8, 4) is 11.4 Å². The molecule has 0 aliphatic rings. The molecule has 2 aromatic heterocycles. The first kappa shape index (κ1) is 18.0. The van der Waals surface area contributed by atoms with Crippen molar-refractivity contribution < 1.29 is 15.0 Å². The summed E-state index contributed by atoms with van der Waals surface area (Å²) in [4.78, 5) is 20.1. The molecule has 1 aromatic carbocycles. The Morgan fingerprint density at radius 1 is 1.23 bits per heavy atom. The van der Waals surface area contributed by atoms with Crippen molar-refractivity contribution in [2.45, 2.75) is 26.4 Å². The fourth-order valence-electron chi connectivity index (χ4n) is 2.67. The lowest BCUT2D eigenvalue weighted by Gasteiger charge is -2.14. The van der Waals surface area contributed by atoms with Crippen LogP contribution in [0.25, 0.3) is 11.4 Å². The minimum Gasteiger partial charge on any atom is -0.479 e. The maximum absolute atomic E-state index is 10.9. The third-order valence-electron chi connectivity index (χ3n) is 4.07. The number of aliphatic hydroxyl groups is 1. The number of rotatable bonds is 6. The topological polar surface area (TPSA) is 95.3 Å². The monoisotopic (exact) mass is 369 g/mol. The largest absolute Gasteiger partial charge is 0.479 e. The van der Waals surface area contributed by atoms with Crippen LogP contribution in [0.2, 0.25) is 0 Å². The fraction of sp³-hybridized carbons (Fsp3) is 0.211. The maximum atomic E-state index is 10.9. The van der Waals surface area contributed by atoms with E-state index in [2.05, 4.69) is 15.3 Å². The van der Waals surface area contributed by atoms with Gasteiger partial charge in [0.2, 0.25) is 0 Å². The van der Waals surface area contributed by atoms with Gasteiger partial charge >= 0.3 is 5.97 Å². The van der Waals surface area contributed by atoms with Crippen molar-refractivity contribution in [1.82, 2.24) is 9.97 Å². The number of thiophene rings is 1. The zero-order valence-corrected chi connectivity index (χ0v) is 15.2. The van der Waals surface area contributed by atoms with Gasteiger partial charge in [0, 0.05) is 27.9 Å². The Balaban J connectivity index is 1.92. The van der Waals surface area contributed by atoms with Crippen molar-refractivity contribution in [2.75, 3.05) is 5.32 Å². The number of hydrogen-bond acceptors (Lipinski definition) is 6. The normalized spacial score (nSPS) is 12.0. The predicted molar refractivity (Wildman–Crippen MR) is 102 cm³/mol. The Kier molecular flexibility index (Phi) is 5.29. The van der Waals surface area contributed by atoms with Crippen LogP contribution in [0.1, 0.15) is 29.8 Å². The van der Waals surface area contributed by atoms with Crippen LogP contribution in [0.5, 0.6) is 0 Å². The van der Waals surface area contributed by atoms with Gasteiger partial charge in [-0.3, -0.25) is 0 Å². The van der Waals surface area contributed by atoms with Crippen molar-refractivity contribution in [2.24, 2.45) is 0 Å². The molecule has 0 radical (unpaired) electrons. The van der Waals surface area contributed by atoms with E-state index in [4.69, 9.17) is 5.11 Å². The molecule has 6 nitrogen and oxygen atoms in total. The number of aliphatic carboxylic acids is 1. The van der Waals surface area contributed by atoms with Gasteiger partial charge < -0.3 is 15.5 Å². The molecular weight excluding hydrogens is 350 g/mol. The Bertz CT molecular complexity index is 909. The summed E-state index contributed by atoms with van der Waals surface area (Å²) in [5.74, 6) is 0.125. The summed E-state index contributed by atoms with van der Waals surface area (Å²) in [6.45, 7) is 4.02. The van der Waals surface area contributed by atoms with Gasteiger partial charge in [-0.25, -0.2) is 14.8 Å². The fourth-order valence-corrected chi connectivity index (χ4v) is 3.31. The summed E-state index contributed by atoms with van der Waals surface area (Å²) in [6, 6.07) is 8.60. The number of aromatic nitrogens is 2. The lowest BCUT2D eigenvalue weighted by molar-refractivity contribution is -0.146. The number of carbonyl (C=O) groups is 1. The Hall–Kier alpha value is -2.77. The quantitative estimate of drug-likeness (QED) is 0.609. The highest BCUT2D eigenvalue weighted by Crippen LogP contribution is 2.27. The van der Waals surface area contributed by atoms with Crippen LogP contribution < -0.4 is 5.32 Å². The van der Waals surface area contributed by atoms with E-state index in [9.17, 15) is 9.90 Å². The second-order valence-electron chi connectivity index (χ2n) is 5.81.